The Bertz CT molecular complexity index is 1510. The molecule has 1 saturated heterocycles. The second kappa shape index (κ2) is 10.2. The fraction of sp³-hybridized carbons (Fsp3) is 0.531. The van der Waals surface area contributed by atoms with Gasteiger partial charge in [0.15, 0.2) is 0 Å². The SMILES string of the molecule is Cn1cnnc1[C@@H](c1cccc(N2Cc3c(cc(C(CC4CC4)NC4(C)CCC4)cc3C(F)(F)F)C2=O)c1)C1COC1. The summed E-state index contributed by atoms with van der Waals surface area (Å²) in [4.78, 5) is 15.4. The molecule has 222 valence electrons. The lowest BCUT2D eigenvalue weighted by molar-refractivity contribution is -0.138. The van der Waals surface area contributed by atoms with Gasteiger partial charge in [-0.1, -0.05) is 25.0 Å². The maximum atomic E-state index is 14.6. The topological polar surface area (TPSA) is 72.3 Å². The molecule has 7 nitrogen and oxygen atoms in total. The molecule has 10 heteroatoms. The van der Waals surface area contributed by atoms with Crippen LogP contribution < -0.4 is 10.2 Å². The third-order valence-corrected chi connectivity index (χ3v) is 9.72. The summed E-state index contributed by atoms with van der Waals surface area (Å²) in [5, 5.41) is 12.1. The van der Waals surface area contributed by atoms with Crippen LogP contribution in [0, 0.1) is 11.8 Å². The summed E-state index contributed by atoms with van der Waals surface area (Å²) in [5.41, 5.74) is 1.51. The number of ether oxygens (including phenoxy) is 1. The lowest BCUT2D eigenvalue weighted by atomic mass is 9.77. The van der Waals surface area contributed by atoms with Gasteiger partial charge in [0.1, 0.15) is 12.2 Å². The fourth-order valence-electron chi connectivity index (χ4n) is 6.87. The van der Waals surface area contributed by atoms with Crippen molar-refractivity contribution in [2.75, 3.05) is 18.1 Å². The normalized spacial score (nSPS) is 21.5. The van der Waals surface area contributed by atoms with Crippen molar-refractivity contribution in [3.63, 3.8) is 0 Å². The van der Waals surface area contributed by atoms with Crippen LogP contribution in [-0.4, -0.2) is 39.4 Å². The molecule has 42 heavy (non-hydrogen) atoms. The number of benzene rings is 2. The van der Waals surface area contributed by atoms with Gasteiger partial charge in [-0.15, -0.1) is 10.2 Å². The maximum Gasteiger partial charge on any atom is 0.416 e. The highest BCUT2D eigenvalue weighted by atomic mass is 19.4. The van der Waals surface area contributed by atoms with Crippen LogP contribution >= 0.6 is 0 Å². The summed E-state index contributed by atoms with van der Waals surface area (Å²) >= 11 is 0. The van der Waals surface area contributed by atoms with Crippen LogP contribution in [0.3, 0.4) is 0 Å². The zero-order valence-corrected chi connectivity index (χ0v) is 24.0. The van der Waals surface area contributed by atoms with Crippen molar-refractivity contribution in [2.24, 2.45) is 18.9 Å². The Labute approximate surface area is 243 Å². The number of nitrogens with zero attached hydrogens (tertiary/aromatic N) is 4. The number of amides is 1. The summed E-state index contributed by atoms with van der Waals surface area (Å²) in [6.45, 7) is 3.20. The highest BCUT2D eigenvalue weighted by molar-refractivity contribution is 6.10. The Morgan fingerprint density at radius 2 is 1.93 bits per heavy atom. The molecule has 2 aromatic carbocycles. The van der Waals surface area contributed by atoms with Gasteiger partial charge in [-0.3, -0.25) is 4.79 Å². The molecule has 2 atom stereocenters. The molecule has 1 aromatic heterocycles. The van der Waals surface area contributed by atoms with Crippen LogP contribution in [0.5, 0.6) is 0 Å². The van der Waals surface area contributed by atoms with Crippen LogP contribution in [0.4, 0.5) is 18.9 Å². The molecule has 4 aliphatic rings. The molecule has 1 amide bonds. The summed E-state index contributed by atoms with van der Waals surface area (Å²) in [6.07, 6.45) is 3.24. The second-order valence-electron chi connectivity index (χ2n) is 12.9. The molecule has 3 fully saturated rings. The fourth-order valence-corrected chi connectivity index (χ4v) is 6.87. The van der Waals surface area contributed by atoms with Crippen molar-refractivity contribution in [3.05, 3.63) is 76.4 Å². The van der Waals surface area contributed by atoms with Crippen molar-refractivity contribution >= 4 is 11.6 Å². The van der Waals surface area contributed by atoms with E-state index in [0.29, 0.717) is 30.4 Å². The summed E-state index contributed by atoms with van der Waals surface area (Å²) in [5.74, 6) is 1.01. The Morgan fingerprint density at radius 1 is 1.14 bits per heavy atom. The Balaban J connectivity index is 1.24. The van der Waals surface area contributed by atoms with Gasteiger partial charge in [0, 0.05) is 35.8 Å². The van der Waals surface area contributed by atoms with E-state index in [2.05, 4.69) is 22.4 Å². The third-order valence-electron chi connectivity index (χ3n) is 9.72. The number of alkyl halides is 3. The van der Waals surface area contributed by atoms with Gasteiger partial charge >= 0.3 is 6.18 Å². The average Bonchev–Trinajstić information content (AvgIpc) is 3.54. The molecule has 2 aliphatic carbocycles. The Kier molecular flexibility index (Phi) is 6.69. The van der Waals surface area contributed by atoms with E-state index in [9.17, 15) is 18.0 Å². The average molecular weight is 580 g/mol. The third kappa shape index (κ3) is 5.02. The number of hydrogen-bond donors (Lipinski definition) is 1. The van der Waals surface area contributed by atoms with E-state index < -0.39 is 17.6 Å². The molecular weight excluding hydrogens is 543 g/mol. The molecule has 0 spiro atoms. The number of aromatic nitrogens is 3. The van der Waals surface area contributed by atoms with Crippen LogP contribution in [0.1, 0.15) is 95.8 Å². The standard InChI is InChI=1S/C32H36F3N5O2/c1-31(9-4-10-31)37-27(11-19-7-8-19)21-13-24-25(26(14-21)32(33,34)35)15-40(30(24)41)23-6-3-5-20(12-23)28(22-16-42-17-22)29-38-36-18-39(29)2/h3,5-6,12-14,18-19,22,27-28,37H,4,7-11,15-17H2,1-2H3/t27?,28-/m0/s1. The number of aryl methyl sites for hydroxylation is 1. The number of nitrogens with one attached hydrogen (secondary N) is 1. The molecule has 2 saturated carbocycles. The van der Waals surface area contributed by atoms with Gasteiger partial charge in [0.05, 0.1) is 31.2 Å². The van der Waals surface area contributed by atoms with E-state index in [-0.39, 0.29) is 41.1 Å². The van der Waals surface area contributed by atoms with Gasteiger partial charge < -0.3 is 19.5 Å². The van der Waals surface area contributed by atoms with Gasteiger partial charge in [-0.25, -0.2) is 0 Å². The first-order chi connectivity index (χ1) is 20.1. The first kappa shape index (κ1) is 27.6. The molecule has 3 heterocycles. The number of carbonyl (C=O) groups excluding carboxylic acids is 1. The predicted octanol–water partition coefficient (Wildman–Crippen LogP) is 6.15. The van der Waals surface area contributed by atoms with Crippen LogP contribution in [0.2, 0.25) is 0 Å². The summed E-state index contributed by atoms with van der Waals surface area (Å²) in [7, 11) is 1.89. The van der Waals surface area contributed by atoms with Crippen molar-refractivity contribution in [2.45, 2.75) is 75.7 Å². The zero-order chi connectivity index (χ0) is 29.2. The highest BCUT2D eigenvalue weighted by Gasteiger charge is 2.43. The summed E-state index contributed by atoms with van der Waals surface area (Å²) in [6, 6.07) is 10.3. The van der Waals surface area contributed by atoms with Crippen molar-refractivity contribution in [1.82, 2.24) is 20.1 Å². The van der Waals surface area contributed by atoms with Gasteiger partial charge in [-0.05, 0) is 79.5 Å². The van der Waals surface area contributed by atoms with Crippen molar-refractivity contribution in [1.29, 1.82) is 0 Å². The van der Waals surface area contributed by atoms with Crippen molar-refractivity contribution in [3.8, 4) is 0 Å². The first-order valence-electron chi connectivity index (χ1n) is 14.9. The minimum absolute atomic E-state index is 0.0546. The molecule has 0 radical (unpaired) electrons. The Morgan fingerprint density at radius 3 is 2.52 bits per heavy atom. The quantitative estimate of drug-likeness (QED) is 0.330. The molecular formula is C32H36F3N5O2. The van der Waals surface area contributed by atoms with E-state index in [1.807, 2.05) is 29.8 Å². The highest BCUT2D eigenvalue weighted by Crippen LogP contribution is 2.45. The maximum absolute atomic E-state index is 14.6. The number of anilines is 1. The lowest BCUT2D eigenvalue weighted by Crippen LogP contribution is -2.49. The number of fused-ring (bicyclic) bond motifs is 1. The minimum Gasteiger partial charge on any atom is -0.381 e. The van der Waals surface area contributed by atoms with E-state index >= 15 is 0 Å². The number of halogens is 3. The molecule has 3 aromatic rings. The van der Waals surface area contributed by atoms with E-state index in [1.165, 1.54) is 11.0 Å². The van der Waals surface area contributed by atoms with E-state index in [4.69, 9.17) is 4.74 Å². The van der Waals surface area contributed by atoms with Crippen LogP contribution in [0.25, 0.3) is 0 Å². The van der Waals surface area contributed by atoms with Crippen LogP contribution in [-0.2, 0) is 24.5 Å². The molecule has 1 unspecified atom stereocenters. The summed E-state index contributed by atoms with van der Waals surface area (Å²) < 4.78 is 51.0. The second-order valence-corrected chi connectivity index (χ2v) is 12.9. The van der Waals surface area contributed by atoms with Gasteiger partial charge in [0.2, 0.25) is 0 Å². The van der Waals surface area contributed by atoms with Gasteiger partial charge in [0.25, 0.3) is 5.91 Å². The van der Waals surface area contributed by atoms with Gasteiger partial charge in [-0.2, -0.15) is 13.2 Å². The molecule has 2 aliphatic heterocycles. The molecule has 7 rings (SSSR count). The smallest absolute Gasteiger partial charge is 0.381 e. The number of hydrogen-bond acceptors (Lipinski definition) is 5. The zero-order valence-electron chi connectivity index (χ0n) is 24.0. The monoisotopic (exact) mass is 579 g/mol. The predicted molar refractivity (Wildman–Crippen MR) is 151 cm³/mol. The van der Waals surface area contributed by atoms with Crippen LogP contribution in [0.15, 0.2) is 42.7 Å². The number of rotatable bonds is 9. The number of carbonyl (C=O) groups is 1. The largest absolute Gasteiger partial charge is 0.416 e. The lowest BCUT2D eigenvalue weighted by Gasteiger charge is -2.43. The Hall–Kier alpha value is -3.24. The van der Waals surface area contributed by atoms with E-state index in [1.54, 1.807) is 18.5 Å². The van der Waals surface area contributed by atoms with E-state index in [0.717, 1.165) is 49.9 Å². The molecule has 0 bridgehead atoms. The van der Waals surface area contributed by atoms with Crippen molar-refractivity contribution < 1.29 is 22.7 Å². The first-order valence-corrected chi connectivity index (χ1v) is 14.9. The molecule has 1 N–H and O–H groups in total. The minimum atomic E-state index is -4.57.